The molecule has 1 N–H and O–H groups in total. The Morgan fingerprint density at radius 3 is 1.90 bits per heavy atom. The molecule has 0 spiro atoms. The molecule has 1 fully saturated rings. The molecule has 2 aromatic rings. The van der Waals surface area contributed by atoms with Gasteiger partial charge in [-0.2, -0.15) is 0 Å². The van der Waals surface area contributed by atoms with Crippen LogP contribution in [0.1, 0.15) is 71.4 Å². The summed E-state index contributed by atoms with van der Waals surface area (Å²) in [6.45, 7) is 10.8. The van der Waals surface area contributed by atoms with Gasteiger partial charge in [-0.05, 0) is 47.2 Å². The maximum absolute atomic E-state index is 12.9. The number of carbonyl (C=O) groups excluding carboxylic acids is 2. The van der Waals surface area contributed by atoms with Crippen LogP contribution < -0.4 is 5.32 Å². The minimum Gasteiger partial charge on any atom is -0.378 e. The molecule has 0 saturated carbocycles. The molecule has 2 amide bonds. The average Bonchev–Trinajstić information content (AvgIpc) is 2.73. The summed E-state index contributed by atoms with van der Waals surface area (Å²) in [6, 6.07) is 13.1. The molecule has 0 bridgehead atoms. The maximum atomic E-state index is 12.9. The van der Waals surface area contributed by atoms with E-state index in [2.05, 4.69) is 45.1 Å². The Balaban J connectivity index is 1.79. The highest BCUT2D eigenvalue weighted by atomic mass is 16.5. The summed E-state index contributed by atoms with van der Waals surface area (Å²) >= 11 is 0. The van der Waals surface area contributed by atoms with E-state index in [1.54, 1.807) is 29.2 Å². The van der Waals surface area contributed by atoms with E-state index in [0.717, 1.165) is 16.8 Å². The Morgan fingerprint density at radius 1 is 0.862 bits per heavy atom. The Hall–Kier alpha value is -2.66. The molecular weight excluding hydrogens is 364 g/mol. The first-order valence-electron chi connectivity index (χ1n) is 10.3. The molecule has 0 unspecified atom stereocenters. The van der Waals surface area contributed by atoms with Gasteiger partial charge in [0.2, 0.25) is 0 Å². The van der Waals surface area contributed by atoms with Crippen molar-refractivity contribution < 1.29 is 14.3 Å². The van der Waals surface area contributed by atoms with Gasteiger partial charge >= 0.3 is 0 Å². The number of anilines is 1. The minimum atomic E-state index is -0.162. The van der Waals surface area contributed by atoms with E-state index in [-0.39, 0.29) is 11.8 Å². The average molecular weight is 395 g/mol. The lowest BCUT2D eigenvalue weighted by molar-refractivity contribution is 0.0303. The third-order valence-electron chi connectivity index (χ3n) is 5.30. The van der Waals surface area contributed by atoms with Crippen molar-refractivity contribution >= 4 is 17.5 Å². The minimum absolute atomic E-state index is 0.0208. The highest BCUT2D eigenvalue weighted by Crippen LogP contribution is 2.32. The molecule has 0 radical (unpaired) electrons. The van der Waals surface area contributed by atoms with Crippen molar-refractivity contribution in [3.63, 3.8) is 0 Å². The lowest BCUT2D eigenvalue weighted by atomic mass is 9.92. The van der Waals surface area contributed by atoms with Crippen LogP contribution in [0.5, 0.6) is 0 Å². The Morgan fingerprint density at radius 2 is 1.38 bits per heavy atom. The maximum Gasteiger partial charge on any atom is 0.255 e. The summed E-state index contributed by atoms with van der Waals surface area (Å²) in [5.74, 6) is 0.424. The standard InChI is InChI=1S/C24H30N2O3/c1-16(2)20-6-5-7-21(17(3)4)22(20)25-23(27)18-8-10-19(11-9-18)24(28)26-12-14-29-15-13-26/h5-11,16-17H,12-15H2,1-4H3,(H,25,27). The van der Waals surface area contributed by atoms with Crippen molar-refractivity contribution in [1.29, 1.82) is 0 Å². The molecule has 3 rings (SSSR count). The van der Waals surface area contributed by atoms with Crippen LogP contribution in [-0.4, -0.2) is 43.0 Å². The fraction of sp³-hybridized carbons (Fsp3) is 0.417. The van der Waals surface area contributed by atoms with Gasteiger partial charge in [0.25, 0.3) is 11.8 Å². The molecule has 154 valence electrons. The second-order valence-corrected chi connectivity index (χ2v) is 8.06. The van der Waals surface area contributed by atoms with Gasteiger partial charge in [0.1, 0.15) is 0 Å². The third-order valence-corrected chi connectivity index (χ3v) is 5.30. The van der Waals surface area contributed by atoms with Crippen molar-refractivity contribution in [2.75, 3.05) is 31.6 Å². The first kappa shape index (κ1) is 21.1. The number of hydrogen-bond acceptors (Lipinski definition) is 3. The van der Waals surface area contributed by atoms with Crippen LogP contribution in [0.4, 0.5) is 5.69 Å². The lowest BCUT2D eigenvalue weighted by Crippen LogP contribution is -2.40. The summed E-state index contributed by atoms with van der Waals surface area (Å²) in [5, 5.41) is 3.12. The zero-order valence-corrected chi connectivity index (χ0v) is 17.7. The van der Waals surface area contributed by atoms with Crippen molar-refractivity contribution in [3.8, 4) is 0 Å². The molecule has 1 heterocycles. The predicted octanol–water partition coefficient (Wildman–Crippen LogP) is 4.66. The molecule has 5 nitrogen and oxygen atoms in total. The van der Waals surface area contributed by atoms with Gasteiger partial charge in [-0.3, -0.25) is 9.59 Å². The van der Waals surface area contributed by atoms with Crippen LogP contribution >= 0.6 is 0 Å². The van der Waals surface area contributed by atoms with Crippen molar-refractivity contribution in [2.24, 2.45) is 0 Å². The number of benzene rings is 2. The molecule has 29 heavy (non-hydrogen) atoms. The highest BCUT2D eigenvalue weighted by Gasteiger charge is 2.20. The van der Waals surface area contributed by atoms with E-state index >= 15 is 0 Å². The number of rotatable bonds is 5. The molecule has 0 aromatic heterocycles. The third kappa shape index (κ3) is 4.85. The Bertz CT molecular complexity index is 840. The van der Waals surface area contributed by atoms with Gasteiger partial charge in [-0.15, -0.1) is 0 Å². The SMILES string of the molecule is CC(C)c1cccc(C(C)C)c1NC(=O)c1ccc(C(=O)N2CCOCC2)cc1. The van der Waals surface area contributed by atoms with Gasteiger partial charge in [0.15, 0.2) is 0 Å². The first-order chi connectivity index (χ1) is 13.9. The molecule has 5 heteroatoms. The van der Waals surface area contributed by atoms with Crippen LogP contribution in [0.15, 0.2) is 42.5 Å². The predicted molar refractivity (Wildman–Crippen MR) is 116 cm³/mol. The summed E-state index contributed by atoms with van der Waals surface area (Å²) in [6.07, 6.45) is 0. The number of amides is 2. The van der Waals surface area contributed by atoms with E-state index in [0.29, 0.717) is 49.3 Å². The number of morpholine rings is 1. The van der Waals surface area contributed by atoms with Crippen LogP contribution in [0.25, 0.3) is 0 Å². The normalized spacial score (nSPS) is 14.3. The van der Waals surface area contributed by atoms with Gasteiger partial charge < -0.3 is 15.0 Å². The number of para-hydroxylation sites is 1. The fourth-order valence-corrected chi connectivity index (χ4v) is 3.59. The van der Waals surface area contributed by atoms with Crippen molar-refractivity contribution in [2.45, 2.75) is 39.5 Å². The number of hydrogen-bond donors (Lipinski definition) is 1. The Labute approximate surface area is 173 Å². The highest BCUT2D eigenvalue weighted by molar-refractivity contribution is 6.06. The monoisotopic (exact) mass is 394 g/mol. The molecule has 0 atom stereocenters. The fourth-order valence-electron chi connectivity index (χ4n) is 3.59. The quantitative estimate of drug-likeness (QED) is 0.802. The van der Waals surface area contributed by atoms with Crippen molar-refractivity contribution in [3.05, 3.63) is 64.7 Å². The molecular formula is C24H30N2O3. The summed E-state index contributed by atoms with van der Waals surface area (Å²) in [7, 11) is 0. The topological polar surface area (TPSA) is 58.6 Å². The van der Waals surface area contributed by atoms with E-state index in [1.807, 2.05) is 6.07 Å². The van der Waals surface area contributed by atoms with E-state index in [1.165, 1.54) is 0 Å². The van der Waals surface area contributed by atoms with Crippen LogP contribution in [0.2, 0.25) is 0 Å². The first-order valence-corrected chi connectivity index (χ1v) is 10.3. The number of carbonyl (C=O) groups is 2. The molecule has 0 aliphatic carbocycles. The van der Waals surface area contributed by atoms with E-state index < -0.39 is 0 Å². The summed E-state index contributed by atoms with van der Waals surface area (Å²) in [4.78, 5) is 27.3. The molecule has 1 aliphatic rings. The van der Waals surface area contributed by atoms with Crippen LogP contribution in [0.3, 0.4) is 0 Å². The van der Waals surface area contributed by atoms with Gasteiger partial charge in [-0.1, -0.05) is 45.9 Å². The zero-order chi connectivity index (χ0) is 21.0. The smallest absolute Gasteiger partial charge is 0.255 e. The molecule has 2 aromatic carbocycles. The summed E-state index contributed by atoms with van der Waals surface area (Å²) < 4.78 is 5.30. The second-order valence-electron chi connectivity index (χ2n) is 8.06. The van der Waals surface area contributed by atoms with E-state index in [4.69, 9.17) is 4.74 Å². The van der Waals surface area contributed by atoms with E-state index in [9.17, 15) is 9.59 Å². The molecule has 1 saturated heterocycles. The van der Waals surface area contributed by atoms with Crippen LogP contribution in [0, 0.1) is 0 Å². The Kier molecular flexibility index (Phi) is 6.70. The molecule has 1 aliphatic heterocycles. The zero-order valence-electron chi connectivity index (χ0n) is 17.7. The summed E-state index contributed by atoms with van der Waals surface area (Å²) in [5.41, 5.74) is 4.29. The van der Waals surface area contributed by atoms with Crippen LogP contribution in [-0.2, 0) is 4.74 Å². The van der Waals surface area contributed by atoms with Gasteiger partial charge in [-0.25, -0.2) is 0 Å². The van der Waals surface area contributed by atoms with Gasteiger partial charge in [0, 0.05) is 29.9 Å². The number of nitrogens with zero attached hydrogens (tertiary/aromatic N) is 1. The number of ether oxygens (including phenoxy) is 1. The van der Waals surface area contributed by atoms with Gasteiger partial charge in [0.05, 0.1) is 13.2 Å². The lowest BCUT2D eigenvalue weighted by Gasteiger charge is -2.26. The second kappa shape index (κ2) is 9.23. The van der Waals surface area contributed by atoms with Crippen molar-refractivity contribution in [1.82, 2.24) is 4.90 Å². The number of nitrogens with one attached hydrogen (secondary N) is 1. The largest absolute Gasteiger partial charge is 0.378 e.